The standard InChI is InChI=1S/C20H20N4O2/c1-14-18(26-13-22-14)20(25)24-11-8-15(9-12-24)17-7-10-21-19(23-17)16-5-3-2-4-6-16/h2-7,10,13,15H,8-9,11-12H2,1H3. The molecule has 1 aliphatic rings. The molecule has 132 valence electrons. The summed E-state index contributed by atoms with van der Waals surface area (Å²) in [7, 11) is 0. The van der Waals surface area contributed by atoms with Gasteiger partial charge in [0.15, 0.2) is 12.2 Å². The van der Waals surface area contributed by atoms with Crippen molar-refractivity contribution < 1.29 is 9.21 Å². The first-order valence-corrected chi connectivity index (χ1v) is 8.80. The van der Waals surface area contributed by atoms with Crippen molar-refractivity contribution in [3.63, 3.8) is 0 Å². The van der Waals surface area contributed by atoms with Crippen LogP contribution < -0.4 is 0 Å². The van der Waals surface area contributed by atoms with Crippen molar-refractivity contribution in [1.29, 1.82) is 0 Å². The van der Waals surface area contributed by atoms with Gasteiger partial charge in [-0.25, -0.2) is 15.0 Å². The molecule has 0 N–H and O–H groups in total. The van der Waals surface area contributed by atoms with Gasteiger partial charge < -0.3 is 9.32 Å². The second-order valence-corrected chi connectivity index (χ2v) is 6.50. The lowest BCUT2D eigenvalue weighted by Gasteiger charge is -2.31. The number of carbonyl (C=O) groups is 1. The maximum absolute atomic E-state index is 12.5. The Balaban J connectivity index is 1.45. The summed E-state index contributed by atoms with van der Waals surface area (Å²) in [5.74, 6) is 1.35. The molecule has 0 unspecified atom stereocenters. The van der Waals surface area contributed by atoms with Crippen LogP contribution in [0.2, 0.25) is 0 Å². The van der Waals surface area contributed by atoms with E-state index in [1.165, 1.54) is 6.39 Å². The summed E-state index contributed by atoms with van der Waals surface area (Å²) >= 11 is 0. The molecule has 0 saturated carbocycles. The molecule has 6 heteroatoms. The molecule has 1 aromatic carbocycles. The number of likely N-dealkylation sites (tertiary alicyclic amines) is 1. The van der Waals surface area contributed by atoms with E-state index in [4.69, 9.17) is 9.40 Å². The van der Waals surface area contributed by atoms with E-state index < -0.39 is 0 Å². The van der Waals surface area contributed by atoms with E-state index in [0.717, 1.165) is 29.9 Å². The molecular weight excluding hydrogens is 328 g/mol. The fraction of sp³-hybridized carbons (Fsp3) is 0.300. The number of oxazole rings is 1. The van der Waals surface area contributed by atoms with Crippen molar-refractivity contribution in [1.82, 2.24) is 19.9 Å². The first kappa shape index (κ1) is 16.4. The fourth-order valence-corrected chi connectivity index (χ4v) is 3.36. The molecule has 0 atom stereocenters. The molecular formula is C20H20N4O2. The summed E-state index contributed by atoms with van der Waals surface area (Å²) < 4.78 is 5.23. The Morgan fingerprint density at radius 3 is 2.58 bits per heavy atom. The van der Waals surface area contributed by atoms with Crippen LogP contribution in [0.15, 0.2) is 53.4 Å². The van der Waals surface area contributed by atoms with Gasteiger partial charge in [0.25, 0.3) is 5.91 Å². The monoisotopic (exact) mass is 348 g/mol. The lowest BCUT2D eigenvalue weighted by atomic mass is 9.93. The minimum Gasteiger partial charge on any atom is -0.438 e. The van der Waals surface area contributed by atoms with Gasteiger partial charge in [0, 0.05) is 36.5 Å². The molecule has 3 heterocycles. The molecule has 6 nitrogen and oxygen atoms in total. The second kappa shape index (κ2) is 7.07. The topological polar surface area (TPSA) is 72.1 Å². The highest BCUT2D eigenvalue weighted by molar-refractivity contribution is 5.92. The second-order valence-electron chi connectivity index (χ2n) is 6.50. The maximum Gasteiger partial charge on any atom is 0.291 e. The lowest BCUT2D eigenvalue weighted by molar-refractivity contribution is 0.0679. The number of carbonyl (C=O) groups excluding carboxylic acids is 1. The van der Waals surface area contributed by atoms with Crippen LogP contribution in [0.5, 0.6) is 0 Å². The Morgan fingerprint density at radius 2 is 1.88 bits per heavy atom. The van der Waals surface area contributed by atoms with Crippen LogP contribution in [-0.4, -0.2) is 38.8 Å². The largest absolute Gasteiger partial charge is 0.438 e. The van der Waals surface area contributed by atoms with E-state index in [1.54, 1.807) is 6.92 Å². The van der Waals surface area contributed by atoms with Gasteiger partial charge in [-0.3, -0.25) is 4.79 Å². The highest BCUT2D eigenvalue weighted by Crippen LogP contribution is 2.28. The lowest BCUT2D eigenvalue weighted by Crippen LogP contribution is -2.38. The molecule has 0 spiro atoms. The summed E-state index contributed by atoms with van der Waals surface area (Å²) in [6, 6.07) is 12.0. The number of hydrogen-bond donors (Lipinski definition) is 0. The van der Waals surface area contributed by atoms with Crippen molar-refractivity contribution in [2.24, 2.45) is 0 Å². The zero-order valence-corrected chi connectivity index (χ0v) is 14.6. The number of nitrogens with zero attached hydrogens (tertiary/aromatic N) is 4. The third-order valence-electron chi connectivity index (χ3n) is 4.85. The van der Waals surface area contributed by atoms with Crippen LogP contribution in [0, 0.1) is 6.92 Å². The van der Waals surface area contributed by atoms with E-state index >= 15 is 0 Å². The van der Waals surface area contributed by atoms with Gasteiger partial charge in [-0.2, -0.15) is 0 Å². The minimum atomic E-state index is -0.0777. The highest BCUT2D eigenvalue weighted by atomic mass is 16.3. The smallest absolute Gasteiger partial charge is 0.291 e. The first-order valence-electron chi connectivity index (χ1n) is 8.80. The van der Waals surface area contributed by atoms with Crippen molar-refractivity contribution in [2.45, 2.75) is 25.7 Å². The molecule has 0 aliphatic carbocycles. The number of amides is 1. The predicted octanol–water partition coefficient (Wildman–Crippen LogP) is 3.46. The number of aromatic nitrogens is 3. The number of piperidine rings is 1. The molecule has 1 fully saturated rings. The SMILES string of the molecule is Cc1ncoc1C(=O)N1CCC(c2ccnc(-c3ccccc3)n2)CC1. The number of benzene rings is 1. The Bertz CT molecular complexity index is 899. The maximum atomic E-state index is 12.5. The molecule has 0 bridgehead atoms. The summed E-state index contributed by atoms with van der Waals surface area (Å²) in [6.45, 7) is 3.16. The van der Waals surface area contributed by atoms with Crippen LogP contribution in [-0.2, 0) is 0 Å². The zero-order valence-electron chi connectivity index (χ0n) is 14.6. The van der Waals surface area contributed by atoms with Gasteiger partial charge >= 0.3 is 0 Å². The summed E-state index contributed by atoms with van der Waals surface area (Å²) in [5, 5.41) is 0. The Kier molecular flexibility index (Phi) is 4.48. The fourth-order valence-electron chi connectivity index (χ4n) is 3.36. The van der Waals surface area contributed by atoms with E-state index in [2.05, 4.69) is 9.97 Å². The van der Waals surface area contributed by atoms with Gasteiger partial charge in [0.1, 0.15) is 0 Å². The normalized spacial score (nSPS) is 15.2. The molecule has 1 aliphatic heterocycles. The van der Waals surface area contributed by atoms with Crippen molar-refractivity contribution in [3.05, 3.63) is 66.1 Å². The molecule has 4 rings (SSSR count). The van der Waals surface area contributed by atoms with E-state index in [-0.39, 0.29) is 5.91 Å². The van der Waals surface area contributed by atoms with Crippen molar-refractivity contribution >= 4 is 5.91 Å². The van der Waals surface area contributed by atoms with E-state index in [0.29, 0.717) is 30.5 Å². The van der Waals surface area contributed by atoms with Crippen molar-refractivity contribution in [3.8, 4) is 11.4 Å². The van der Waals surface area contributed by atoms with Gasteiger partial charge in [0.2, 0.25) is 5.76 Å². The van der Waals surface area contributed by atoms with Crippen molar-refractivity contribution in [2.75, 3.05) is 13.1 Å². The quantitative estimate of drug-likeness (QED) is 0.725. The molecule has 3 aromatic rings. The zero-order chi connectivity index (χ0) is 17.9. The van der Waals surface area contributed by atoms with Gasteiger partial charge in [-0.1, -0.05) is 30.3 Å². The molecule has 1 amide bonds. The molecule has 1 saturated heterocycles. The van der Waals surface area contributed by atoms with E-state index in [1.807, 2.05) is 47.5 Å². The van der Waals surface area contributed by atoms with Crippen LogP contribution in [0.1, 0.15) is 40.7 Å². The van der Waals surface area contributed by atoms with Gasteiger partial charge in [-0.05, 0) is 25.8 Å². The average Bonchev–Trinajstić information content (AvgIpc) is 3.14. The van der Waals surface area contributed by atoms with Gasteiger partial charge in [0.05, 0.1) is 5.69 Å². The van der Waals surface area contributed by atoms with E-state index in [9.17, 15) is 4.79 Å². The molecule has 0 radical (unpaired) electrons. The Morgan fingerprint density at radius 1 is 1.12 bits per heavy atom. The Labute approximate surface area is 151 Å². The van der Waals surface area contributed by atoms with Crippen LogP contribution >= 0.6 is 0 Å². The molecule has 26 heavy (non-hydrogen) atoms. The number of aryl methyl sites for hydroxylation is 1. The summed E-state index contributed by atoms with van der Waals surface area (Å²) in [4.78, 5) is 27.5. The molecule has 2 aromatic heterocycles. The Hall–Kier alpha value is -3.02. The van der Waals surface area contributed by atoms with Gasteiger partial charge in [-0.15, -0.1) is 0 Å². The summed E-state index contributed by atoms with van der Waals surface area (Å²) in [6.07, 6.45) is 4.90. The number of hydrogen-bond acceptors (Lipinski definition) is 5. The predicted molar refractivity (Wildman–Crippen MR) is 96.6 cm³/mol. The third kappa shape index (κ3) is 3.22. The first-order chi connectivity index (χ1) is 12.7. The average molecular weight is 348 g/mol. The van der Waals surface area contributed by atoms with Crippen LogP contribution in [0.3, 0.4) is 0 Å². The van der Waals surface area contributed by atoms with Crippen LogP contribution in [0.25, 0.3) is 11.4 Å². The summed E-state index contributed by atoms with van der Waals surface area (Å²) in [5.41, 5.74) is 2.70. The highest BCUT2D eigenvalue weighted by Gasteiger charge is 2.28. The number of rotatable bonds is 3. The van der Waals surface area contributed by atoms with Crippen LogP contribution in [0.4, 0.5) is 0 Å². The third-order valence-corrected chi connectivity index (χ3v) is 4.85. The minimum absolute atomic E-state index is 0.0777.